The minimum Gasteiger partial charge on any atom is -0.332 e. The molecule has 0 aliphatic rings. The number of imidazole rings is 1. The lowest BCUT2D eigenvalue weighted by molar-refractivity contribution is -0.140. The summed E-state index contributed by atoms with van der Waals surface area (Å²) in [6, 6.07) is 12.8. The van der Waals surface area contributed by atoms with Gasteiger partial charge in [0.25, 0.3) is 0 Å². The number of aromatic amines is 1. The van der Waals surface area contributed by atoms with Crippen molar-refractivity contribution in [1.82, 2.24) is 29.9 Å². The van der Waals surface area contributed by atoms with Gasteiger partial charge in [0, 0.05) is 24.5 Å². The summed E-state index contributed by atoms with van der Waals surface area (Å²) in [6.07, 6.45) is 0.291. The topological polar surface area (TPSA) is 72.3 Å². The summed E-state index contributed by atoms with van der Waals surface area (Å²) in [4.78, 5) is 8.53. The molecule has 0 aliphatic carbocycles. The first kappa shape index (κ1) is 17.0. The van der Waals surface area contributed by atoms with Gasteiger partial charge in [-0.15, -0.1) is 0 Å². The summed E-state index contributed by atoms with van der Waals surface area (Å²) in [5.74, 6) is 0. The third-order valence-corrected chi connectivity index (χ3v) is 3.95. The Hall–Kier alpha value is -3.49. The average Bonchev–Trinajstić information content (AvgIpc) is 3.32. The van der Waals surface area contributed by atoms with Crippen molar-refractivity contribution in [1.29, 1.82) is 0 Å². The van der Waals surface area contributed by atoms with E-state index in [4.69, 9.17) is 0 Å². The lowest BCUT2D eigenvalue weighted by Gasteiger charge is -2.05. The maximum atomic E-state index is 13.0. The van der Waals surface area contributed by atoms with E-state index in [2.05, 4.69) is 20.2 Å². The van der Waals surface area contributed by atoms with E-state index in [-0.39, 0.29) is 11.3 Å². The van der Waals surface area contributed by atoms with E-state index in [1.165, 1.54) is 18.3 Å². The molecule has 0 unspecified atom stereocenters. The third kappa shape index (κ3) is 3.57. The van der Waals surface area contributed by atoms with Crippen molar-refractivity contribution in [2.24, 2.45) is 0 Å². The fraction of sp³-hybridized carbons (Fsp3) is 0.111. The number of aromatic nitrogens is 6. The van der Waals surface area contributed by atoms with Crippen molar-refractivity contribution < 1.29 is 13.2 Å². The molecule has 0 radical (unpaired) electrons. The molecule has 0 spiro atoms. The smallest absolute Gasteiger partial charge is 0.332 e. The van der Waals surface area contributed by atoms with Crippen LogP contribution in [0.4, 0.5) is 13.2 Å². The van der Waals surface area contributed by atoms with Gasteiger partial charge in [-0.3, -0.25) is 4.98 Å². The second kappa shape index (κ2) is 6.67. The SMILES string of the molecule is FC(F)(F)c1n[nH]nc1-c1ccnc(-c2cn(Cc3ccccc3)cn2)c1. The predicted molar refractivity (Wildman–Crippen MR) is 91.4 cm³/mol. The highest BCUT2D eigenvalue weighted by Crippen LogP contribution is 2.34. The summed E-state index contributed by atoms with van der Waals surface area (Å²) < 4.78 is 41.0. The lowest BCUT2D eigenvalue weighted by Crippen LogP contribution is -2.07. The minimum atomic E-state index is -4.59. The molecule has 3 aromatic heterocycles. The quantitative estimate of drug-likeness (QED) is 0.593. The summed E-state index contributed by atoms with van der Waals surface area (Å²) in [5.41, 5.74) is 1.06. The van der Waals surface area contributed by atoms with Gasteiger partial charge in [-0.1, -0.05) is 30.3 Å². The van der Waals surface area contributed by atoms with Gasteiger partial charge in [0.1, 0.15) is 11.4 Å². The molecule has 1 N–H and O–H groups in total. The van der Waals surface area contributed by atoms with Gasteiger partial charge < -0.3 is 4.57 Å². The fourth-order valence-corrected chi connectivity index (χ4v) is 2.72. The largest absolute Gasteiger partial charge is 0.437 e. The molecule has 0 atom stereocenters. The van der Waals surface area contributed by atoms with E-state index in [0.29, 0.717) is 17.9 Å². The van der Waals surface area contributed by atoms with Crippen molar-refractivity contribution in [3.8, 4) is 22.6 Å². The van der Waals surface area contributed by atoms with Crippen molar-refractivity contribution in [2.45, 2.75) is 12.7 Å². The number of rotatable bonds is 4. The van der Waals surface area contributed by atoms with Crippen LogP contribution >= 0.6 is 0 Å². The van der Waals surface area contributed by atoms with Crippen molar-refractivity contribution in [3.63, 3.8) is 0 Å². The minimum absolute atomic E-state index is 0.263. The molecule has 0 bridgehead atoms. The second-order valence-corrected chi connectivity index (χ2v) is 5.87. The predicted octanol–water partition coefficient (Wildman–Crippen LogP) is 3.80. The van der Waals surface area contributed by atoms with Crippen LogP contribution in [0.3, 0.4) is 0 Å². The van der Waals surface area contributed by atoms with Gasteiger partial charge in [-0.25, -0.2) is 4.98 Å². The Morgan fingerprint density at radius 2 is 1.78 bits per heavy atom. The molecule has 3 heterocycles. The van der Waals surface area contributed by atoms with Crippen LogP contribution in [0, 0.1) is 0 Å². The Morgan fingerprint density at radius 3 is 2.56 bits per heavy atom. The van der Waals surface area contributed by atoms with E-state index in [1.807, 2.05) is 40.1 Å². The van der Waals surface area contributed by atoms with Crippen LogP contribution in [-0.2, 0) is 12.7 Å². The van der Waals surface area contributed by atoms with Crippen LogP contribution in [0.25, 0.3) is 22.6 Å². The third-order valence-electron chi connectivity index (χ3n) is 3.95. The average molecular weight is 370 g/mol. The van der Waals surface area contributed by atoms with Crippen molar-refractivity contribution in [2.75, 3.05) is 0 Å². The molecule has 0 aliphatic heterocycles. The Bertz CT molecular complexity index is 1050. The van der Waals surface area contributed by atoms with Crippen LogP contribution < -0.4 is 0 Å². The van der Waals surface area contributed by atoms with Gasteiger partial charge in [-0.2, -0.15) is 28.6 Å². The Balaban J connectivity index is 1.63. The lowest BCUT2D eigenvalue weighted by atomic mass is 10.1. The number of H-pyrrole nitrogens is 1. The first-order chi connectivity index (χ1) is 13.0. The Morgan fingerprint density at radius 1 is 0.963 bits per heavy atom. The molecule has 0 amide bonds. The van der Waals surface area contributed by atoms with Gasteiger partial charge in [0.15, 0.2) is 5.69 Å². The van der Waals surface area contributed by atoms with Gasteiger partial charge in [0.2, 0.25) is 0 Å². The summed E-state index contributed by atoms with van der Waals surface area (Å²) >= 11 is 0. The van der Waals surface area contributed by atoms with Crippen LogP contribution in [0.5, 0.6) is 0 Å². The van der Waals surface area contributed by atoms with Gasteiger partial charge >= 0.3 is 6.18 Å². The van der Waals surface area contributed by atoms with Gasteiger partial charge in [-0.05, 0) is 17.7 Å². The molecule has 27 heavy (non-hydrogen) atoms. The van der Waals surface area contributed by atoms with Crippen LogP contribution in [0.1, 0.15) is 11.3 Å². The molecule has 4 rings (SSSR count). The molecule has 0 saturated heterocycles. The zero-order valence-corrected chi connectivity index (χ0v) is 13.9. The number of nitrogens with one attached hydrogen (secondary N) is 1. The summed E-state index contributed by atoms with van der Waals surface area (Å²) in [7, 11) is 0. The van der Waals surface area contributed by atoms with Gasteiger partial charge in [0.05, 0.1) is 12.0 Å². The number of hydrogen-bond donors (Lipinski definition) is 1. The Labute approximate surface area is 151 Å². The molecular formula is C18H13F3N6. The van der Waals surface area contributed by atoms with Crippen molar-refractivity contribution >= 4 is 0 Å². The maximum Gasteiger partial charge on any atom is 0.437 e. The molecule has 9 heteroatoms. The molecule has 4 aromatic rings. The molecule has 0 saturated carbocycles. The molecule has 6 nitrogen and oxygen atoms in total. The highest BCUT2D eigenvalue weighted by molar-refractivity contribution is 5.67. The van der Waals surface area contributed by atoms with E-state index < -0.39 is 11.9 Å². The van der Waals surface area contributed by atoms with E-state index in [1.54, 1.807) is 12.5 Å². The fourth-order valence-electron chi connectivity index (χ4n) is 2.72. The van der Waals surface area contributed by atoms with Crippen molar-refractivity contribution in [3.05, 3.63) is 72.4 Å². The zero-order chi connectivity index (χ0) is 18.9. The highest BCUT2D eigenvalue weighted by Gasteiger charge is 2.38. The van der Waals surface area contributed by atoms with Crippen LogP contribution in [0.15, 0.2) is 61.2 Å². The summed E-state index contributed by atoms with van der Waals surface area (Å²) in [5, 5.41) is 8.89. The maximum absolute atomic E-state index is 13.0. The molecular weight excluding hydrogens is 357 g/mol. The zero-order valence-electron chi connectivity index (χ0n) is 13.9. The molecule has 136 valence electrons. The summed E-state index contributed by atoms with van der Waals surface area (Å²) in [6.45, 7) is 0.634. The number of nitrogens with zero attached hydrogens (tertiary/aromatic N) is 5. The number of hydrogen-bond acceptors (Lipinski definition) is 4. The number of pyridine rings is 1. The molecule has 0 fully saturated rings. The number of alkyl halides is 3. The highest BCUT2D eigenvalue weighted by atomic mass is 19.4. The Kier molecular flexibility index (Phi) is 4.19. The first-order valence-electron chi connectivity index (χ1n) is 8.01. The first-order valence-corrected chi connectivity index (χ1v) is 8.01. The normalized spacial score (nSPS) is 11.7. The molecule has 1 aromatic carbocycles. The standard InChI is InChI=1S/C18H13F3N6/c19-18(20,21)17-16(24-26-25-17)13-6-7-22-14(8-13)15-10-27(11-23-15)9-12-4-2-1-3-5-12/h1-8,10-11H,9H2,(H,24,25,26). The second-order valence-electron chi connectivity index (χ2n) is 5.87. The van der Waals surface area contributed by atoms with E-state index in [0.717, 1.165) is 5.56 Å². The number of benzene rings is 1. The van der Waals surface area contributed by atoms with E-state index >= 15 is 0 Å². The number of halogens is 3. The van der Waals surface area contributed by atoms with Crippen LogP contribution in [-0.4, -0.2) is 29.9 Å². The van der Waals surface area contributed by atoms with E-state index in [9.17, 15) is 13.2 Å². The monoisotopic (exact) mass is 370 g/mol. The van der Waals surface area contributed by atoms with Crippen LogP contribution in [0.2, 0.25) is 0 Å².